The van der Waals surface area contributed by atoms with E-state index in [1.165, 1.54) is 6.07 Å². The number of aliphatic imine (C=N–C) groups is 1. The summed E-state index contributed by atoms with van der Waals surface area (Å²) in [5.74, 6) is 0.133. The molecule has 29 heavy (non-hydrogen) atoms. The van der Waals surface area contributed by atoms with Crippen molar-refractivity contribution >= 4 is 16.0 Å². The van der Waals surface area contributed by atoms with Crippen LogP contribution in [0, 0.1) is 12.7 Å². The zero-order chi connectivity index (χ0) is 21.3. The molecular weight excluding hydrogens is 395 g/mol. The van der Waals surface area contributed by atoms with E-state index in [0.717, 1.165) is 24.8 Å². The molecule has 0 amide bonds. The van der Waals surface area contributed by atoms with Gasteiger partial charge in [-0.1, -0.05) is 12.1 Å². The summed E-state index contributed by atoms with van der Waals surface area (Å²) in [6.45, 7) is 7.29. The number of hydrogen-bond donors (Lipinski definition) is 3. The first-order valence-corrected chi connectivity index (χ1v) is 11.9. The van der Waals surface area contributed by atoms with Crippen molar-refractivity contribution in [3.8, 4) is 0 Å². The number of nitrogens with one attached hydrogen (secondary N) is 3. The van der Waals surface area contributed by atoms with Gasteiger partial charge in [-0.15, -0.1) is 0 Å². The van der Waals surface area contributed by atoms with Gasteiger partial charge in [0.25, 0.3) is 0 Å². The highest BCUT2D eigenvalue weighted by Crippen LogP contribution is 2.16. The number of aryl methyl sites for hydroxylation is 1. The second-order valence-corrected chi connectivity index (χ2v) is 9.22. The van der Waals surface area contributed by atoms with E-state index in [-0.39, 0.29) is 30.3 Å². The molecule has 1 aromatic carbocycles. The summed E-state index contributed by atoms with van der Waals surface area (Å²) in [5.41, 5.74) is 1.39. The van der Waals surface area contributed by atoms with E-state index in [2.05, 4.69) is 20.3 Å². The van der Waals surface area contributed by atoms with Gasteiger partial charge in [0.2, 0.25) is 10.0 Å². The van der Waals surface area contributed by atoms with Crippen molar-refractivity contribution < 1.29 is 17.5 Å². The van der Waals surface area contributed by atoms with Crippen LogP contribution in [0.5, 0.6) is 0 Å². The fraction of sp³-hybridized carbons (Fsp3) is 0.650. The van der Waals surface area contributed by atoms with Crippen molar-refractivity contribution in [3.63, 3.8) is 0 Å². The topological polar surface area (TPSA) is 91.8 Å². The van der Waals surface area contributed by atoms with Crippen molar-refractivity contribution in [2.75, 3.05) is 32.0 Å². The maximum atomic E-state index is 13.8. The lowest BCUT2D eigenvalue weighted by molar-refractivity contribution is 0.0200. The fourth-order valence-electron chi connectivity index (χ4n) is 3.02. The molecule has 0 bridgehead atoms. The summed E-state index contributed by atoms with van der Waals surface area (Å²) < 4.78 is 46.4. The molecule has 1 aliphatic rings. The van der Waals surface area contributed by atoms with E-state index in [4.69, 9.17) is 4.74 Å². The zero-order valence-electron chi connectivity index (χ0n) is 17.5. The van der Waals surface area contributed by atoms with Crippen LogP contribution in [0.2, 0.25) is 0 Å². The second kappa shape index (κ2) is 11.5. The van der Waals surface area contributed by atoms with Crippen LogP contribution in [0.25, 0.3) is 0 Å². The number of nitrogens with zero attached hydrogens (tertiary/aromatic N) is 1. The number of sulfonamides is 1. The minimum atomic E-state index is -3.42. The highest BCUT2D eigenvalue weighted by molar-refractivity contribution is 7.89. The van der Waals surface area contributed by atoms with E-state index < -0.39 is 10.0 Å². The van der Waals surface area contributed by atoms with Gasteiger partial charge in [-0.05, 0) is 57.2 Å². The number of hydrogen-bond acceptors (Lipinski definition) is 4. The molecule has 1 aliphatic heterocycles. The van der Waals surface area contributed by atoms with E-state index in [0.29, 0.717) is 31.2 Å². The maximum absolute atomic E-state index is 13.8. The quantitative estimate of drug-likeness (QED) is 0.414. The Bertz CT molecular complexity index is 780. The molecule has 7 nitrogen and oxygen atoms in total. The number of halogens is 1. The van der Waals surface area contributed by atoms with Crippen LogP contribution < -0.4 is 15.4 Å². The SMILES string of the molecule is CCNC(=NCCS(=O)(=O)NCC1CCCCO1)NC(C)c1ccc(C)c(F)c1. The first-order chi connectivity index (χ1) is 13.8. The summed E-state index contributed by atoms with van der Waals surface area (Å²) >= 11 is 0. The molecule has 0 spiro atoms. The molecule has 1 saturated heterocycles. The summed E-state index contributed by atoms with van der Waals surface area (Å²) in [4.78, 5) is 4.35. The summed E-state index contributed by atoms with van der Waals surface area (Å²) in [6, 6.07) is 4.92. The van der Waals surface area contributed by atoms with Crippen LogP contribution in [-0.2, 0) is 14.8 Å². The molecule has 1 heterocycles. The minimum absolute atomic E-state index is 0.0447. The molecule has 1 fully saturated rings. The van der Waals surface area contributed by atoms with Crippen molar-refractivity contribution in [1.82, 2.24) is 15.4 Å². The first kappa shape index (κ1) is 23.6. The number of ether oxygens (including phenoxy) is 1. The minimum Gasteiger partial charge on any atom is -0.377 e. The summed E-state index contributed by atoms with van der Waals surface area (Å²) in [7, 11) is -3.42. The highest BCUT2D eigenvalue weighted by Gasteiger charge is 2.17. The van der Waals surface area contributed by atoms with Gasteiger partial charge >= 0.3 is 0 Å². The molecular formula is C20H33FN4O3S. The third kappa shape index (κ3) is 8.28. The van der Waals surface area contributed by atoms with Gasteiger partial charge in [0, 0.05) is 19.7 Å². The third-order valence-corrected chi connectivity index (χ3v) is 6.15. The largest absolute Gasteiger partial charge is 0.377 e. The van der Waals surface area contributed by atoms with Gasteiger partial charge in [0.15, 0.2) is 5.96 Å². The molecule has 3 N–H and O–H groups in total. The Hall–Kier alpha value is -1.71. The van der Waals surface area contributed by atoms with Crippen LogP contribution in [-0.4, -0.2) is 52.5 Å². The Balaban J connectivity index is 1.87. The molecule has 1 aromatic rings. The molecule has 2 rings (SSSR count). The predicted octanol–water partition coefficient (Wildman–Crippen LogP) is 2.24. The van der Waals surface area contributed by atoms with Crippen molar-refractivity contribution in [1.29, 1.82) is 0 Å². The Morgan fingerprint density at radius 3 is 2.83 bits per heavy atom. The van der Waals surface area contributed by atoms with Gasteiger partial charge < -0.3 is 15.4 Å². The zero-order valence-corrected chi connectivity index (χ0v) is 18.3. The Kier molecular flexibility index (Phi) is 9.32. The predicted molar refractivity (Wildman–Crippen MR) is 114 cm³/mol. The lowest BCUT2D eigenvalue weighted by Crippen LogP contribution is -2.40. The molecule has 164 valence electrons. The Morgan fingerprint density at radius 1 is 1.38 bits per heavy atom. The Labute approximate surface area is 173 Å². The van der Waals surface area contributed by atoms with Gasteiger partial charge in [0.05, 0.1) is 24.4 Å². The van der Waals surface area contributed by atoms with E-state index in [1.54, 1.807) is 13.0 Å². The Morgan fingerprint density at radius 2 is 2.17 bits per heavy atom. The normalized spacial score (nSPS) is 19.0. The molecule has 0 aromatic heterocycles. The lowest BCUT2D eigenvalue weighted by atomic mass is 10.1. The van der Waals surface area contributed by atoms with Crippen LogP contribution in [0.15, 0.2) is 23.2 Å². The fourth-order valence-corrected chi connectivity index (χ4v) is 3.94. The van der Waals surface area contributed by atoms with Crippen LogP contribution in [0.4, 0.5) is 4.39 Å². The number of guanidine groups is 1. The first-order valence-electron chi connectivity index (χ1n) is 10.2. The summed E-state index contributed by atoms with van der Waals surface area (Å²) in [5, 5.41) is 6.28. The van der Waals surface area contributed by atoms with E-state index >= 15 is 0 Å². The number of benzene rings is 1. The van der Waals surface area contributed by atoms with Crippen LogP contribution in [0.1, 0.15) is 50.3 Å². The molecule has 9 heteroatoms. The lowest BCUT2D eigenvalue weighted by Gasteiger charge is -2.22. The van der Waals surface area contributed by atoms with Gasteiger partial charge in [-0.25, -0.2) is 17.5 Å². The van der Waals surface area contributed by atoms with Gasteiger partial charge in [-0.3, -0.25) is 4.99 Å². The molecule has 0 radical (unpaired) electrons. The maximum Gasteiger partial charge on any atom is 0.213 e. The standard InChI is InChI=1S/C20H33FN4O3S/c1-4-22-20(25-16(3)17-9-8-15(2)19(21)13-17)23-10-12-29(26,27)24-14-18-7-5-6-11-28-18/h8-9,13,16,18,24H,4-7,10-12,14H2,1-3H3,(H2,22,23,25). The van der Waals surface area contributed by atoms with Crippen LogP contribution >= 0.6 is 0 Å². The van der Waals surface area contributed by atoms with E-state index in [1.807, 2.05) is 19.9 Å². The van der Waals surface area contributed by atoms with E-state index in [9.17, 15) is 12.8 Å². The third-order valence-electron chi connectivity index (χ3n) is 4.83. The van der Waals surface area contributed by atoms with Crippen LogP contribution in [0.3, 0.4) is 0 Å². The molecule has 0 saturated carbocycles. The van der Waals surface area contributed by atoms with Crippen molar-refractivity contribution in [3.05, 3.63) is 35.1 Å². The average Bonchev–Trinajstić information content (AvgIpc) is 2.69. The van der Waals surface area contributed by atoms with Crippen molar-refractivity contribution in [2.24, 2.45) is 4.99 Å². The number of rotatable bonds is 9. The molecule has 2 unspecified atom stereocenters. The smallest absolute Gasteiger partial charge is 0.213 e. The summed E-state index contributed by atoms with van der Waals surface area (Å²) in [6.07, 6.45) is 2.94. The highest BCUT2D eigenvalue weighted by atomic mass is 32.2. The monoisotopic (exact) mass is 428 g/mol. The molecule has 0 aliphatic carbocycles. The van der Waals surface area contributed by atoms with Gasteiger partial charge in [0.1, 0.15) is 5.82 Å². The van der Waals surface area contributed by atoms with Crippen molar-refractivity contribution in [2.45, 2.75) is 52.2 Å². The van der Waals surface area contributed by atoms with Gasteiger partial charge in [-0.2, -0.15) is 0 Å². The average molecular weight is 429 g/mol. The molecule has 2 atom stereocenters. The second-order valence-electron chi connectivity index (χ2n) is 7.29.